The minimum atomic E-state index is 0.368. The Labute approximate surface area is 123 Å². The predicted octanol–water partition coefficient (Wildman–Crippen LogP) is 0.866. The van der Waals surface area contributed by atoms with Crippen LogP contribution in [0.2, 0.25) is 0 Å². The average Bonchev–Trinajstić information content (AvgIpc) is 2.48. The first-order valence-corrected chi connectivity index (χ1v) is 7.57. The van der Waals surface area contributed by atoms with Gasteiger partial charge in [-0.15, -0.1) is 0 Å². The lowest BCUT2D eigenvalue weighted by Gasteiger charge is -2.39. The van der Waals surface area contributed by atoms with E-state index in [2.05, 4.69) is 59.1 Å². The van der Waals surface area contributed by atoms with Gasteiger partial charge in [0.15, 0.2) is 0 Å². The van der Waals surface area contributed by atoms with E-state index in [9.17, 15) is 0 Å². The van der Waals surface area contributed by atoms with Crippen molar-refractivity contribution in [3.8, 4) is 0 Å². The van der Waals surface area contributed by atoms with Gasteiger partial charge in [0.2, 0.25) is 0 Å². The molecule has 4 nitrogen and oxygen atoms in total. The summed E-state index contributed by atoms with van der Waals surface area (Å²) in [6.45, 7) is 7.53. The van der Waals surface area contributed by atoms with Crippen molar-refractivity contribution in [1.82, 2.24) is 14.7 Å². The van der Waals surface area contributed by atoms with Crippen LogP contribution in [0.4, 0.5) is 0 Å². The summed E-state index contributed by atoms with van der Waals surface area (Å²) in [5, 5.41) is 0. The van der Waals surface area contributed by atoms with Gasteiger partial charge in [-0.2, -0.15) is 0 Å². The standard InChI is InChI=1S/C16H28N4/c1-18(2)8-9-19-10-12-20(13-11-19)16(14-17)15-6-4-3-5-7-15/h3-7,16H,8-14,17H2,1-2H3. The molecule has 0 amide bonds. The van der Waals surface area contributed by atoms with Crippen LogP contribution >= 0.6 is 0 Å². The summed E-state index contributed by atoms with van der Waals surface area (Å²) >= 11 is 0. The van der Waals surface area contributed by atoms with Crippen LogP contribution in [0.5, 0.6) is 0 Å². The van der Waals surface area contributed by atoms with Gasteiger partial charge in [0.25, 0.3) is 0 Å². The monoisotopic (exact) mass is 276 g/mol. The lowest BCUT2D eigenvalue weighted by Crippen LogP contribution is -2.50. The molecule has 0 spiro atoms. The third kappa shape index (κ3) is 4.28. The molecule has 0 saturated carbocycles. The fraction of sp³-hybridized carbons (Fsp3) is 0.625. The van der Waals surface area contributed by atoms with Gasteiger partial charge in [0.1, 0.15) is 0 Å². The SMILES string of the molecule is CN(C)CCN1CCN(C(CN)c2ccccc2)CC1. The molecule has 1 saturated heterocycles. The highest BCUT2D eigenvalue weighted by molar-refractivity contribution is 5.19. The summed E-state index contributed by atoms with van der Waals surface area (Å²) in [5.41, 5.74) is 7.35. The molecule has 1 aliphatic rings. The summed E-state index contributed by atoms with van der Waals surface area (Å²) in [4.78, 5) is 7.33. The molecule has 1 atom stereocenters. The minimum Gasteiger partial charge on any atom is -0.329 e. The summed E-state index contributed by atoms with van der Waals surface area (Å²) in [6, 6.07) is 11.0. The van der Waals surface area contributed by atoms with Crippen LogP contribution in [-0.2, 0) is 0 Å². The van der Waals surface area contributed by atoms with Gasteiger partial charge < -0.3 is 10.6 Å². The second kappa shape index (κ2) is 7.74. The quantitative estimate of drug-likeness (QED) is 0.836. The van der Waals surface area contributed by atoms with E-state index in [4.69, 9.17) is 5.73 Å². The molecule has 20 heavy (non-hydrogen) atoms. The average molecular weight is 276 g/mol. The third-order valence-corrected chi connectivity index (χ3v) is 4.12. The van der Waals surface area contributed by atoms with Gasteiger partial charge in [-0.3, -0.25) is 9.80 Å². The second-order valence-electron chi connectivity index (χ2n) is 5.84. The van der Waals surface area contributed by atoms with Crippen LogP contribution in [0.15, 0.2) is 30.3 Å². The van der Waals surface area contributed by atoms with Gasteiger partial charge in [0, 0.05) is 51.9 Å². The Balaban J connectivity index is 1.86. The summed E-state index contributed by atoms with van der Waals surface area (Å²) in [6.07, 6.45) is 0. The van der Waals surface area contributed by atoms with Crippen molar-refractivity contribution >= 4 is 0 Å². The van der Waals surface area contributed by atoms with Crippen molar-refractivity contribution in [3.05, 3.63) is 35.9 Å². The molecule has 1 unspecified atom stereocenters. The Morgan fingerprint density at radius 1 is 1.10 bits per heavy atom. The molecule has 1 heterocycles. The fourth-order valence-corrected chi connectivity index (χ4v) is 2.81. The molecule has 0 bridgehead atoms. The van der Waals surface area contributed by atoms with E-state index in [0.29, 0.717) is 12.6 Å². The second-order valence-corrected chi connectivity index (χ2v) is 5.84. The predicted molar refractivity (Wildman–Crippen MR) is 84.8 cm³/mol. The zero-order valence-corrected chi connectivity index (χ0v) is 12.8. The van der Waals surface area contributed by atoms with Crippen LogP contribution in [-0.4, -0.2) is 74.6 Å². The first kappa shape index (κ1) is 15.4. The maximum atomic E-state index is 6.01. The van der Waals surface area contributed by atoms with E-state index in [1.54, 1.807) is 0 Å². The van der Waals surface area contributed by atoms with Gasteiger partial charge in [-0.05, 0) is 19.7 Å². The molecule has 1 aromatic rings. The van der Waals surface area contributed by atoms with Crippen molar-refractivity contribution in [2.45, 2.75) is 6.04 Å². The van der Waals surface area contributed by atoms with Gasteiger partial charge in [-0.25, -0.2) is 0 Å². The van der Waals surface area contributed by atoms with Crippen molar-refractivity contribution < 1.29 is 0 Å². The Bertz CT molecular complexity index is 371. The molecule has 2 rings (SSSR count). The van der Waals surface area contributed by atoms with E-state index in [-0.39, 0.29) is 0 Å². The number of nitrogens with zero attached hydrogens (tertiary/aromatic N) is 3. The maximum absolute atomic E-state index is 6.01. The molecule has 0 radical (unpaired) electrons. The molecule has 4 heteroatoms. The fourth-order valence-electron chi connectivity index (χ4n) is 2.81. The van der Waals surface area contributed by atoms with Gasteiger partial charge in [0.05, 0.1) is 0 Å². The third-order valence-electron chi connectivity index (χ3n) is 4.12. The van der Waals surface area contributed by atoms with E-state index in [0.717, 1.165) is 32.7 Å². The molecule has 2 N–H and O–H groups in total. The number of nitrogens with two attached hydrogens (primary N) is 1. The van der Waals surface area contributed by atoms with E-state index < -0.39 is 0 Å². The first-order chi connectivity index (χ1) is 9.70. The van der Waals surface area contributed by atoms with Crippen molar-refractivity contribution in [2.75, 3.05) is 59.9 Å². The smallest absolute Gasteiger partial charge is 0.0471 e. The molecule has 0 aromatic heterocycles. The number of hydrogen-bond donors (Lipinski definition) is 1. The molecule has 1 fully saturated rings. The van der Waals surface area contributed by atoms with E-state index >= 15 is 0 Å². The van der Waals surface area contributed by atoms with Crippen molar-refractivity contribution in [2.24, 2.45) is 5.73 Å². The molecule has 0 aliphatic carbocycles. The number of piperazine rings is 1. The van der Waals surface area contributed by atoms with Crippen LogP contribution in [0, 0.1) is 0 Å². The summed E-state index contributed by atoms with van der Waals surface area (Å²) in [5.74, 6) is 0. The molecular weight excluding hydrogens is 248 g/mol. The highest BCUT2D eigenvalue weighted by atomic mass is 15.3. The minimum absolute atomic E-state index is 0.368. The zero-order valence-electron chi connectivity index (χ0n) is 12.8. The van der Waals surface area contributed by atoms with Crippen LogP contribution in [0.1, 0.15) is 11.6 Å². The molecule has 1 aliphatic heterocycles. The number of hydrogen-bond acceptors (Lipinski definition) is 4. The van der Waals surface area contributed by atoms with Gasteiger partial charge in [-0.1, -0.05) is 30.3 Å². The summed E-state index contributed by atoms with van der Waals surface area (Å²) < 4.78 is 0. The van der Waals surface area contributed by atoms with E-state index in [1.165, 1.54) is 12.1 Å². The summed E-state index contributed by atoms with van der Waals surface area (Å²) in [7, 11) is 4.27. The Hall–Kier alpha value is -0.940. The van der Waals surface area contributed by atoms with Crippen LogP contribution in [0.3, 0.4) is 0 Å². The van der Waals surface area contributed by atoms with Crippen LogP contribution < -0.4 is 5.73 Å². The van der Waals surface area contributed by atoms with Gasteiger partial charge >= 0.3 is 0 Å². The maximum Gasteiger partial charge on any atom is 0.0471 e. The lowest BCUT2D eigenvalue weighted by molar-refractivity contribution is 0.0940. The van der Waals surface area contributed by atoms with Crippen molar-refractivity contribution in [3.63, 3.8) is 0 Å². The first-order valence-electron chi connectivity index (χ1n) is 7.57. The molecular formula is C16H28N4. The normalized spacial score (nSPS) is 19.4. The Morgan fingerprint density at radius 2 is 1.75 bits per heavy atom. The highest BCUT2D eigenvalue weighted by Gasteiger charge is 2.23. The van der Waals surface area contributed by atoms with E-state index in [1.807, 2.05) is 0 Å². The van der Waals surface area contributed by atoms with Crippen molar-refractivity contribution in [1.29, 1.82) is 0 Å². The molecule has 112 valence electrons. The lowest BCUT2D eigenvalue weighted by atomic mass is 10.0. The number of rotatable bonds is 6. The number of likely N-dealkylation sites (N-methyl/N-ethyl adjacent to an activating group) is 1. The molecule has 1 aromatic carbocycles. The van der Waals surface area contributed by atoms with Crippen LogP contribution in [0.25, 0.3) is 0 Å². The Kier molecular flexibility index (Phi) is 5.98. The number of benzene rings is 1. The largest absolute Gasteiger partial charge is 0.329 e. The highest BCUT2D eigenvalue weighted by Crippen LogP contribution is 2.20. The topological polar surface area (TPSA) is 35.7 Å². The zero-order chi connectivity index (χ0) is 14.4. The Morgan fingerprint density at radius 3 is 2.30 bits per heavy atom.